The lowest BCUT2D eigenvalue weighted by Crippen LogP contribution is -2.45. The zero-order valence-corrected chi connectivity index (χ0v) is 15.5. The van der Waals surface area contributed by atoms with Crippen molar-refractivity contribution in [1.82, 2.24) is 15.1 Å². The first-order valence-corrected chi connectivity index (χ1v) is 9.03. The number of rotatable bonds is 3. The molecule has 0 radical (unpaired) electrons. The largest absolute Gasteiger partial charge is 0.343 e. The van der Waals surface area contributed by atoms with Crippen molar-refractivity contribution in [2.45, 2.75) is 25.7 Å². The average Bonchev–Trinajstić information content (AvgIpc) is 3.18. The van der Waals surface area contributed by atoms with E-state index in [1.54, 1.807) is 24.3 Å². The van der Waals surface area contributed by atoms with Gasteiger partial charge in [-0.1, -0.05) is 12.1 Å². The molecule has 1 N–H and O–H groups in total. The van der Waals surface area contributed by atoms with Gasteiger partial charge in [-0.2, -0.15) is 0 Å². The molecule has 0 aromatic heterocycles. The van der Waals surface area contributed by atoms with E-state index in [0.717, 1.165) is 39.0 Å². The summed E-state index contributed by atoms with van der Waals surface area (Å²) in [6.07, 6.45) is 3.48. The van der Waals surface area contributed by atoms with Crippen LogP contribution in [-0.2, 0) is 4.79 Å². The Morgan fingerprint density at radius 3 is 2.19 bits per heavy atom. The highest BCUT2D eigenvalue weighted by atomic mass is 35.5. The van der Waals surface area contributed by atoms with E-state index in [2.05, 4.69) is 5.32 Å². The number of carbonyl (C=O) groups excluding carboxylic acids is 3. The maximum atomic E-state index is 12.5. The summed E-state index contributed by atoms with van der Waals surface area (Å²) in [6, 6.07) is 6.83. The van der Waals surface area contributed by atoms with Crippen LogP contribution in [0.1, 0.15) is 46.4 Å². The summed E-state index contributed by atoms with van der Waals surface area (Å²) in [4.78, 5) is 40.3. The highest BCUT2D eigenvalue weighted by molar-refractivity contribution is 6.21. The summed E-state index contributed by atoms with van der Waals surface area (Å²) in [5.74, 6) is -0.539. The van der Waals surface area contributed by atoms with Crippen molar-refractivity contribution >= 4 is 30.1 Å². The molecule has 6 nitrogen and oxygen atoms in total. The molecule has 1 spiro atoms. The van der Waals surface area contributed by atoms with Gasteiger partial charge >= 0.3 is 0 Å². The van der Waals surface area contributed by atoms with Crippen molar-refractivity contribution in [3.63, 3.8) is 0 Å². The van der Waals surface area contributed by atoms with Crippen molar-refractivity contribution in [2.75, 3.05) is 32.7 Å². The minimum atomic E-state index is -0.289. The van der Waals surface area contributed by atoms with E-state index in [0.29, 0.717) is 16.5 Å². The second-order valence-electron chi connectivity index (χ2n) is 7.37. The molecular weight excluding hydrogens is 354 g/mol. The fourth-order valence-electron chi connectivity index (χ4n) is 4.26. The molecule has 140 valence electrons. The van der Waals surface area contributed by atoms with Crippen LogP contribution in [0, 0.1) is 5.41 Å². The van der Waals surface area contributed by atoms with Gasteiger partial charge in [0.25, 0.3) is 11.8 Å². The van der Waals surface area contributed by atoms with Crippen LogP contribution in [0.25, 0.3) is 0 Å². The van der Waals surface area contributed by atoms with E-state index in [-0.39, 0.29) is 43.1 Å². The number of fused-ring (bicyclic) bond motifs is 1. The molecule has 3 aliphatic rings. The molecule has 1 aromatic carbocycles. The minimum Gasteiger partial charge on any atom is -0.343 e. The lowest BCUT2D eigenvalue weighted by molar-refractivity contribution is -0.133. The standard InChI is InChI=1S/C19H23N3O3.ClH/c23-16(21-11-7-19(8-12-21)6-9-20-13-19)5-10-22-17(24)14-3-1-2-4-15(14)18(22)25;/h1-4,20H,5-13H2;1H. The Morgan fingerprint density at radius 1 is 1.04 bits per heavy atom. The van der Waals surface area contributed by atoms with E-state index in [9.17, 15) is 14.4 Å². The first kappa shape index (κ1) is 18.9. The van der Waals surface area contributed by atoms with Crippen LogP contribution in [0.4, 0.5) is 0 Å². The molecule has 0 unspecified atom stereocenters. The van der Waals surface area contributed by atoms with Gasteiger partial charge in [0.2, 0.25) is 5.91 Å². The third kappa shape index (κ3) is 3.23. The van der Waals surface area contributed by atoms with Crippen LogP contribution in [-0.4, -0.2) is 60.2 Å². The van der Waals surface area contributed by atoms with E-state index >= 15 is 0 Å². The van der Waals surface area contributed by atoms with Crippen molar-refractivity contribution in [1.29, 1.82) is 0 Å². The minimum absolute atomic E-state index is 0. The molecule has 4 rings (SSSR count). The Morgan fingerprint density at radius 2 is 1.65 bits per heavy atom. The molecular formula is C19H24ClN3O3. The van der Waals surface area contributed by atoms with Crippen LogP contribution in [0.3, 0.4) is 0 Å². The fourth-order valence-corrected chi connectivity index (χ4v) is 4.26. The Balaban J connectivity index is 0.00000196. The molecule has 0 aliphatic carbocycles. The zero-order chi connectivity index (χ0) is 17.4. The molecule has 0 bridgehead atoms. The zero-order valence-electron chi connectivity index (χ0n) is 14.7. The number of nitrogens with zero attached hydrogens (tertiary/aromatic N) is 2. The summed E-state index contributed by atoms with van der Waals surface area (Å²) in [6.45, 7) is 3.86. The molecule has 3 heterocycles. The number of piperidine rings is 1. The summed E-state index contributed by atoms with van der Waals surface area (Å²) < 4.78 is 0. The number of hydrogen-bond acceptors (Lipinski definition) is 4. The second kappa shape index (κ2) is 7.37. The number of amides is 3. The van der Waals surface area contributed by atoms with Crippen LogP contribution >= 0.6 is 12.4 Å². The van der Waals surface area contributed by atoms with Crippen LogP contribution < -0.4 is 5.32 Å². The predicted octanol–water partition coefficient (Wildman–Crippen LogP) is 1.70. The third-order valence-electron chi connectivity index (χ3n) is 5.94. The summed E-state index contributed by atoms with van der Waals surface area (Å²) in [5.41, 5.74) is 1.25. The van der Waals surface area contributed by atoms with Crippen molar-refractivity contribution < 1.29 is 14.4 Å². The summed E-state index contributed by atoms with van der Waals surface area (Å²) in [7, 11) is 0. The van der Waals surface area contributed by atoms with E-state index in [1.807, 2.05) is 4.90 Å². The lowest BCUT2D eigenvalue weighted by Gasteiger charge is -2.39. The maximum Gasteiger partial charge on any atom is 0.261 e. The second-order valence-corrected chi connectivity index (χ2v) is 7.37. The number of imide groups is 1. The smallest absolute Gasteiger partial charge is 0.261 e. The SMILES string of the molecule is Cl.O=C(CCN1C(=O)c2ccccc2C1=O)N1CCC2(CCNC2)CC1. The molecule has 1 aromatic rings. The first-order chi connectivity index (χ1) is 12.1. The number of benzene rings is 1. The highest BCUT2D eigenvalue weighted by Crippen LogP contribution is 2.37. The lowest BCUT2D eigenvalue weighted by atomic mass is 9.78. The topological polar surface area (TPSA) is 69.7 Å². The van der Waals surface area contributed by atoms with Crippen LogP contribution in [0.2, 0.25) is 0 Å². The Labute approximate surface area is 159 Å². The van der Waals surface area contributed by atoms with E-state index in [1.165, 1.54) is 11.3 Å². The van der Waals surface area contributed by atoms with Crippen molar-refractivity contribution in [3.05, 3.63) is 35.4 Å². The highest BCUT2D eigenvalue weighted by Gasteiger charge is 2.39. The van der Waals surface area contributed by atoms with Gasteiger partial charge in [0.15, 0.2) is 0 Å². The van der Waals surface area contributed by atoms with Gasteiger partial charge in [0.05, 0.1) is 11.1 Å². The quantitative estimate of drug-likeness (QED) is 0.814. The molecule has 26 heavy (non-hydrogen) atoms. The number of likely N-dealkylation sites (tertiary alicyclic amines) is 1. The normalized spacial score (nSPS) is 21.1. The Hall–Kier alpha value is -1.92. The van der Waals surface area contributed by atoms with Gasteiger partial charge in [0.1, 0.15) is 0 Å². The molecule has 0 atom stereocenters. The van der Waals surface area contributed by atoms with E-state index < -0.39 is 0 Å². The van der Waals surface area contributed by atoms with Gasteiger partial charge in [-0.05, 0) is 43.4 Å². The number of carbonyl (C=O) groups is 3. The van der Waals surface area contributed by atoms with E-state index in [4.69, 9.17) is 0 Å². The number of nitrogens with one attached hydrogen (secondary N) is 1. The van der Waals surface area contributed by atoms with Gasteiger partial charge in [-0.25, -0.2) is 0 Å². The number of halogens is 1. The molecule has 2 saturated heterocycles. The van der Waals surface area contributed by atoms with Gasteiger partial charge < -0.3 is 10.2 Å². The summed E-state index contributed by atoms with van der Waals surface area (Å²) in [5, 5.41) is 3.42. The number of hydrogen-bond donors (Lipinski definition) is 1. The average molecular weight is 378 g/mol. The third-order valence-corrected chi connectivity index (χ3v) is 5.94. The van der Waals surface area contributed by atoms with Crippen LogP contribution in [0.15, 0.2) is 24.3 Å². The predicted molar refractivity (Wildman–Crippen MR) is 99.4 cm³/mol. The first-order valence-electron chi connectivity index (χ1n) is 9.03. The molecule has 7 heteroatoms. The Kier molecular flexibility index (Phi) is 5.34. The monoisotopic (exact) mass is 377 g/mol. The van der Waals surface area contributed by atoms with Crippen LogP contribution in [0.5, 0.6) is 0 Å². The van der Waals surface area contributed by atoms with Crippen molar-refractivity contribution in [2.24, 2.45) is 5.41 Å². The summed E-state index contributed by atoms with van der Waals surface area (Å²) >= 11 is 0. The van der Waals surface area contributed by atoms with Gasteiger partial charge in [-0.3, -0.25) is 19.3 Å². The van der Waals surface area contributed by atoms with Crippen molar-refractivity contribution in [3.8, 4) is 0 Å². The fraction of sp³-hybridized carbons (Fsp3) is 0.526. The maximum absolute atomic E-state index is 12.5. The molecule has 0 saturated carbocycles. The molecule has 3 amide bonds. The van der Waals surface area contributed by atoms with Gasteiger partial charge in [-0.15, -0.1) is 12.4 Å². The Bertz CT molecular complexity index is 685. The molecule has 2 fully saturated rings. The van der Waals surface area contributed by atoms with Gasteiger partial charge in [0, 0.05) is 32.6 Å². The molecule has 3 aliphatic heterocycles.